The minimum atomic E-state index is -0.462. The molecule has 4 aromatic rings. The van der Waals surface area contributed by atoms with E-state index in [1.54, 1.807) is 6.08 Å². The fourth-order valence-electron chi connectivity index (χ4n) is 3.68. The van der Waals surface area contributed by atoms with E-state index < -0.39 is 5.97 Å². The number of carbonyl (C=O) groups is 1. The lowest BCUT2D eigenvalue weighted by Crippen LogP contribution is -2.06. The quantitative estimate of drug-likeness (QED) is 0.239. The number of ether oxygens (including phenoxy) is 1. The summed E-state index contributed by atoms with van der Waals surface area (Å²) in [5.41, 5.74) is 3.75. The third-order valence-corrected chi connectivity index (χ3v) is 5.89. The molecule has 0 fully saturated rings. The molecule has 4 nitrogen and oxygen atoms in total. The fourth-order valence-corrected chi connectivity index (χ4v) is 4.19. The highest BCUT2D eigenvalue weighted by molar-refractivity contribution is 9.10. The number of hydrogen-bond donors (Lipinski definition) is 0. The fraction of sp³-hybridized carbons (Fsp3) is 0.0370. The number of halogens is 1. The molecule has 1 heterocycles. The number of nitrogens with zero attached hydrogens (tertiary/aromatic N) is 1. The zero-order valence-electron chi connectivity index (χ0n) is 17.0. The van der Waals surface area contributed by atoms with E-state index in [2.05, 4.69) is 45.4 Å². The van der Waals surface area contributed by atoms with Crippen molar-refractivity contribution < 1.29 is 14.4 Å². The van der Waals surface area contributed by atoms with Crippen LogP contribution in [0.3, 0.4) is 0 Å². The highest BCUT2D eigenvalue weighted by atomic mass is 79.9. The van der Waals surface area contributed by atoms with E-state index in [9.17, 15) is 4.79 Å². The van der Waals surface area contributed by atoms with E-state index in [-0.39, 0.29) is 0 Å². The zero-order valence-corrected chi connectivity index (χ0v) is 18.6. The van der Waals surface area contributed by atoms with Crippen molar-refractivity contribution in [1.29, 1.82) is 0 Å². The summed E-state index contributed by atoms with van der Waals surface area (Å²) in [6, 6.07) is 29.7. The van der Waals surface area contributed by atoms with E-state index in [4.69, 9.17) is 9.57 Å². The summed E-state index contributed by atoms with van der Waals surface area (Å²) in [6.45, 7) is 0.456. The van der Waals surface area contributed by atoms with Crippen LogP contribution in [0.5, 0.6) is 5.75 Å². The Labute approximate surface area is 193 Å². The molecule has 0 radical (unpaired) electrons. The predicted molar refractivity (Wildman–Crippen MR) is 129 cm³/mol. The van der Waals surface area contributed by atoms with Crippen LogP contribution in [0.25, 0.3) is 16.8 Å². The average molecular weight is 484 g/mol. The zero-order chi connectivity index (χ0) is 21.9. The lowest BCUT2D eigenvalue weighted by Gasteiger charge is -2.11. The molecule has 0 saturated carbocycles. The standard InChI is InChI=1S/C27H18BrNO3/c28-24-16-18(15-23-26(29-32-27(23)30)20-8-2-1-3-9-20)13-14-25(24)31-17-21-11-6-10-19-7-4-5-12-22(19)21/h1-16H,17H2/b23-15-. The van der Waals surface area contributed by atoms with Gasteiger partial charge in [-0.15, -0.1) is 0 Å². The first-order valence-electron chi connectivity index (χ1n) is 10.1. The Balaban J connectivity index is 1.37. The molecular weight excluding hydrogens is 466 g/mol. The third-order valence-electron chi connectivity index (χ3n) is 5.27. The van der Waals surface area contributed by atoms with E-state index in [1.807, 2.05) is 66.7 Å². The first-order valence-corrected chi connectivity index (χ1v) is 10.9. The Kier molecular flexibility index (Phi) is 5.57. The normalized spacial score (nSPS) is 14.5. The van der Waals surface area contributed by atoms with Gasteiger partial charge in [-0.3, -0.25) is 0 Å². The molecule has 0 unspecified atom stereocenters. The van der Waals surface area contributed by atoms with Gasteiger partial charge < -0.3 is 9.57 Å². The van der Waals surface area contributed by atoms with E-state index >= 15 is 0 Å². The van der Waals surface area contributed by atoms with Gasteiger partial charge in [-0.05, 0) is 56.0 Å². The van der Waals surface area contributed by atoms with Gasteiger partial charge in [-0.25, -0.2) is 4.79 Å². The SMILES string of the molecule is O=C1ON=C(c2ccccc2)/C1=C/c1ccc(OCc2cccc3ccccc23)c(Br)c1. The Bertz CT molecular complexity index is 1370. The smallest absolute Gasteiger partial charge is 0.368 e. The van der Waals surface area contributed by atoms with Crippen LogP contribution < -0.4 is 4.74 Å². The van der Waals surface area contributed by atoms with Crippen LogP contribution in [0.4, 0.5) is 0 Å². The van der Waals surface area contributed by atoms with Crippen LogP contribution in [0, 0.1) is 0 Å². The van der Waals surface area contributed by atoms with Crippen LogP contribution in [0.15, 0.2) is 106 Å². The van der Waals surface area contributed by atoms with Crippen molar-refractivity contribution in [2.75, 3.05) is 0 Å². The minimum Gasteiger partial charge on any atom is -0.488 e. The Hall–Kier alpha value is -3.70. The molecule has 1 aliphatic rings. The van der Waals surface area contributed by atoms with E-state index in [0.717, 1.165) is 26.9 Å². The molecule has 0 bridgehead atoms. The molecule has 0 spiro atoms. The van der Waals surface area contributed by atoms with Crippen LogP contribution >= 0.6 is 15.9 Å². The van der Waals surface area contributed by atoms with Gasteiger partial charge in [0.15, 0.2) is 0 Å². The first-order chi connectivity index (χ1) is 15.7. The molecule has 5 heteroatoms. The minimum absolute atomic E-state index is 0.424. The molecular formula is C27H18BrNO3. The van der Waals surface area contributed by atoms with Crippen LogP contribution in [-0.4, -0.2) is 11.7 Å². The topological polar surface area (TPSA) is 47.9 Å². The van der Waals surface area contributed by atoms with Crippen molar-refractivity contribution in [2.24, 2.45) is 5.16 Å². The van der Waals surface area contributed by atoms with Gasteiger partial charge in [0.2, 0.25) is 0 Å². The number of rotatable bonds is 5. The van der Waals surface area contributed by atoms with Crippen molar-refractivity contribution in [3.63, 3.8) is 0 Å². The van der Waals surface area contributed by atoms with Crippen molar-refractivity contribution in [3.8, 4) is 5.75 Å². The van der Waals surface area contributed by atoms with E-state index in [0.29, 0.717) is 17.9 Å². The second-order valence-electron chi connectivity index (χ2n) is 7.36. The molecule has 0 atom stereocenters. The largest absolute Gasteiger partial charge is 0.488 e. The maximum absolute atomic E-state index is 12.2. The second-order valence-corrected chi connectivity index (χ2v) is 8.21. The average Bonchev–Trinajstić information content (AvgIpc) is 3.19. The van der Waals surface area contributed by atoms with Crippen molar-refractivity contribution >= 4 is 44.5 Å². The van der Waals surface area contributed by atoms with Gasteiger partial charge in [0, 0.05) is 5.56 Å². The van der Waals surface area contributed by atoms with Gasteiger partial charge >= 0.3 is 5.97 Å². The number of carbonyl (C=O) groups excluding carboxylic acids is 1. The number of oxime groups is 1. The molecule has 0 amide bonds. The van der Waals surface area contributed by atoms with Crippen molar-refractivity contribution in [2.45, 2.75) is 6.61 Å². The molecule has 4 aromatic carbocycles. The lowest BCUT2D eigenvalue weighted by molar-refractivity contribution is -0.136. The van der Waals surface area contributed by atoms with Crippen LogP contribution in [-0.2, 0) is 16.2 Å². The van der Waals surface area contributed by atoms with Gasteiger partial charge in [-0.2, -0.15) is 0 Å². The maximum atomic E-state index is 12.2. The van der Waals surface area contributed by atoms with Crippen LogP contribution in [0.2, 0.25) is 0 Å². The van der Waals surface area contributed by atoms with Gasteiger partial charge in [-0.1, -0.05) is 84.0 Å². The number of fused-ring (bicyclic) bond motifs is 1. The molecule has 156 valence electrons. The van der Waals surface area contributed by atoms with Crippen LogP contribution in [0.1, 0.15) is 16.7 Å². The van der Waals surface area contributed by atoms with Crippen molar-refractivity contribution in [3.05, 3.63) is 118 Å². The third kappa shape index (κ3) is 4.07. The Morgan fingerprint density at radius 3 is 2.53 bits per heavy atom. The van der Waals surface area contributed by atoms with Crippen molar-refractivity contribution in [1.82, 2.24) is 0 Å². The number of benzene rings is 4. The molecule has 1 aliphatic heterocycles. The monoisotopic (exact) mass is 483 g/mol. The molecule has 0 N–H and O–H groups in total. The lowest BCUT2D eigenvalue weighted by atomic mass is 10.0. The molecule has 0 saturated heterocycles. The van der Waals surface area contributed by atoms with E-state index in [1.165, 1.54) is 10.8 Å². The summed E-state index contributed by atoms with van der Waals surface area (Å²) in [7, 11) is 0. The molecule has 0 aromatic heterocycles. The summed E-state index contributed by atoms with van der Waals surface area (Å²) in [5.74, 6) is 0.266. The molecule has 0 aliphatic carbocycles. The highest BCUT2D eigenvalue weighted by Crippen LogP contribution is 2.30. The second kappa shape index (κ2) is 8.81. The Morgan fingerprint density at radius 2 is 1.69 bits per heavy atom. The first kappa shape index (κ1) is 20.2. The summed E-state index contributed by atoms with van der Waals surface area (Å²) < 4.78 is 6.89. The maximum Gasteiger partial charge on any atom is 0.368 e. The summed E-state index contributed by atoms with van der Waals surface area (Å²) >= 11 is 3.59. The molecule has 32 heavy (non-hydrogen) atoms. The predicted octanol–water partition coefficient (Wildman–Crippen LogP) is 6.53. The van der Waals surface area contributed by atoms with Gasteiger partial charge in [0.1, 0.15) is 18.1 Å². The van der Waals surface area contributed by atoms with Gasteiger partial charge in [0.25, 0.3) is 0 Å². The number of hydrogen-bond acceptors (Lipinski definition) is 4. The highest BCUT2D eigenvalue weighted by Gasteiger charge is 2.26. The van der Waals surface area contributed by atoms with Gasteiger partial charge in [0.05, 0.1) is 10.0 Å². The summed E-state index contributed by atoms with van der Waals surface area (Å²) in [4.78, 5) is 17.2. The summed E-state index contributed by atoms with van der Waals surface area (Å²) in [5, 5.41) is 6.32. The molecule has 5 rings (SSSR count). The Morgan fingerprint density at radius 1 is 0.906 bits per heavy atom. The summed E-state index contributed by atoms with van der Waals surface area (Å²) in [6.07, 6.45) is 1.78.